The molecule has 0 radical (unpaired) electrons. The molecule has 1 aliphatic rings. The van der Waals surface area contributed by atoms with Crippen molar-refractivity contribution in [2.75, 3.05) is 4.90 Å². The van der Waals surface area contributed by atoms with Crippen molar-refractivity contribution in [3.05, 3.63) is 59.7 Å². The zero-order chi connectivity index (χ0) is 15.7. The number of carbonyl (C=O) groups is 1. The quantitative estimate of drug-likeness (QED) is 0.760. The van der Waals surface area contributed by atoms with E-state index in [0.29, 0.717) is 5.25 Å². The van der Waals surface area contributed by atoms with E-state index in [4.69, 9.17) is 0 Å². The molecule has 114 valence electrons. The second kappa shape index (κ2) is 6.17. The van der Waals surface area contributed by atoms with Gasteiger partial charge in [0.15, 0.2) is 0 Å². The van der Waals surface area contributed by atoms with Crippen molar-refractivity contribution in [3.63, 3.8) is 0 Å². The highest BCUT2D eigenvalue weighted by molar-refractivity contribution is 8.00. The Labute approximate surface area is 136 Å². The summed E-state index contributed by atoms with van der Waals surface area (Å²) in [5, 5.41) is 0.456. The maximum Gasteiger partial charge on any atom is 0.259 e. The minimum absolute atomic E-state index is 0.112. The highest BCUT2D eigenvalue weighted by Gasteiger charge is 2.32. The number of amides is 1. The normalized spacial score (nSPS) is 16.9. The van der Waals surface area contributed by atoms with Crippen LogP contribution in [0.3, 0.4) is 0 Å². The minimum atomic E-state index is 0.112. The van der Waals surface area contributed by atoms with E-state index in [1.54, 1.807) is 11.8 Å². The third-order valence-electron chi connectivity index (χ3n) is 3.91. The fourth-order valence-electron chi connectivity index (χ4n) is 3.00. The van der Waals surface area contributed by atoms with E-state index in [1.165, 1.54) is 5.56 Å². The third kappa shape index (κ3) is 2.78. The van der Waals surface area contributed by atoms with Crippen molar-refractivity contribution in [3.8, 4) is 0 Å². The number of anilines is 1. The lowest BCUT2D eigenvalue weighted by Gasteiger charge is -2.24. The van der Waals surface area contributed by atoms with E-state index in [-0.39, 0.29) is 11.9 Å². The minimum Gasteiger partial charge on any atom is -0.305 e. The van der Waals surface area contributed by atoms with Crippen LogP contribution in [0.1, 0.15) is 36.7 Å². The van der Waals surface area contributed by atoms with Gasteiger partial charge >= 0.3 is 0 Å². The number of benzene rings is 2. The van der Waals surface area contributed by atoms with Crippen LogP contribution in [0.15, 0.2) is 53.4 Å². The number of hydrogen-bond acceptors (Lipinski definition) is 2. The molecular weight excluding hydrogens is 290 g/mol. The molecule has 0 N–H and O–H groups in total. The van der Waals surface area contributed by atoms with Crippen LogP contribution in [0.2, 0.25) is 0 Å². The first-order valence-electron chi connectivity index (χ1n) is 7.75. The molecule has 1 atom stereocenters. The summed E-state index contributed by atoms with van der Waals surface area (Å²) in [6.45, 7) is 6.43. The summed E-state index contributed by atoms with van der Waals surface area (Å²) in [5.41, 5.74) is 3.13. The molecule has 0 saturated heterocycles. The summed E-state index contributed by atoms with van der Waals surface area (Å²) >= 11 is 1.75. The Balaban J connectivity index is 1.98. The van der Waals surface area contributed by atoms with Crippen molar-refractivity contribution in [1.29, 1.82) is 0 Å². The zero-order valence-corrected chi connectivity index (χ0v) is 14.1. The molecule has 1 heterocycles. The Bertz CT molecular complexity index is 695. The van der Waals surface area contributed by atoms with Gasteiger partial charge in [-0.1, -0.05) is 44.2 Å². The second-order valence-corrected chi connectivity index (χ2v) is 7.64. The van der Waals surface area contributed by atoms with E-state index < -0.39 is 0 Å². The summed E-state index contributed by atoms with van der Waals surface area (Å²) < 4.78 is 0. The fraction of sp³-hybridized carbons (Fsp3) is 0.316. The van der Waals surface area contributed by atoms with Crippen LogP contribution in [0.25, 0.3) is 0 Å². The molecule has 3 heteroatoms. The molecule has 1 unspecified atom stereocenters. The smallest absolute Gasteiger partial charge is 0.259 e. The Morgan fingerprint density at radius 1 is 1.14 bits per heavy atom. The van der Waals surface area contributed by atoms with Crippen LogP contribution >= 0.6 is 11.8 Å². The second-order valence-electron chi connectivity index (χ2n) is 6.02. The van der Waals surface area contributed by atoms with Gasteiger partial charge in [0, 0.05) is 21.9 Å². The summed E-state index contributed by atoms with van der Waals surface area (Å²) in [4.78, 5) is 16.2. The summed E-state index contributed by atoms with van der Waals surface area (Å²) in [6, 6.07) is 16.4. The van der Waals surface area contributed by atoms with Gasteiger partial charge in [-0.3, -0.25) is 4.79 Å². The van der Waals surface area contributed by atoms with Gasteiger partial charge in [-0.15, -0.1) is 11.8 Å². The van der Waals surface area contributed by atoms with Crippen molar-refractivity contribution < 1.29 is 4.79 Å². The lowest BCUT2D eigenvalue weighted by molar-refractivity contribution is 0.0978. The molecule has 3 rings (SSSR count). The molecule has 0 bridgehead atoms. The number of fused-ring (bicyclic) bond motifs is 1. The van der Waals surface area contributed by atoms with Crippen LogP contribution in [-0.2, 0) is 6.42 Å². The van der Waals surface area contributed by atoms with E-state index in [1.807, 2.05) is 41.3 Å². The molecule has 1 aliphatic heterocycles. The average Bonchev–Trinajstić information content (AvgIpc) is 2.82. The number of hydrogen-bond donors (Lipinski definition) is 0. The van der Waals surface area contributed by atoms with Crippen LogP contribution in [0, 0.1) is 0 Å². The molecule has 22 heavy (non-hydrogen) atoms. The molecule has 0 saturated carbocycles. The average molecular weight is 311 g/mol. The van der Waals surface area contributed by atoms with E-state index in [0.717, 1.165) is 22.6 Å². The van der Waals surface area contributed by atoms with Crippen LogP contribution < -0.4 is 4.90 Å². The first-order valence-corrected chi connectivity index (χ1v) is 8.63. The topological polar surface area (TPSA) is 20.3 Å². The highest BCUT2D eigenvalue weighted by Crippen LogP contribution is 2.35. The number of nitrogens with zero attached hydrogens (tertiary/aromatic N) is 1. The van der Waals surface area contributed by atoms with Crippen LogP contribution in [0.4, 0.5) is 5.69 Å². The fourth-order valence-corrected chi connectivity index (χ4v) is 3.95. The standard InChI is InChI=1S/C19H21NOS/c1-13(2)22-18-11-7-5-9-16(18)19(21)20-14(3)12-15-8-4-6-10-17(15)20/h4-11,13-14H,12H2,1-3H3. The van der Waals surface area contributed by atoms with Gasteiger partial charge in [-0.2, -0.15) is 0 Å². The van der Waals surface area contributed by atoms with Crippen molar-refractivity contribution in [2.45, 2.75) is 43.4 Å². The molecule has 0 aromatic heterocycles. The maximum absolute atomic E-state index is 13.1. The van der Waals surface area contributed by atoms with Crippen LogP contribution in [0.5, 0.6) is 0 Å². The Morgan fingerprint density at radius 2 is 1.82 bits per heavy atom. The van der Waals surface area contributed by atoms with Gasteiger partial charge in [0.25, 0.3) is 5.91 Å². The van der Waals surface area contributed by atoms with E-state index in [2.05, 4.69) is 32.9 Å². The summed E-state index contributed by atoms with van der Waals surface area (Å²) in [5.74, 6) is 0.112. The predicted octanol–water partition coefficient (Wildman–Crippen LogP) is 4.78. The Morgan fingerprint density at radius 3 is 2.59 bits per heavy atom. The number of rotatable bonds is 3. The number of thioether (sulfide) groups is 1. The van der Waals surface area contributed by atoms with Gasteiger partial charge in [0.2, 0.25) is 0 Å². The third-order valence-corrected chi connectivity index (χ3v) is 4.99. The monoisotopic (exact) mass is 311 g/mol. The van der Waals surface area contributed by atoms with Crippen molar-refractivity contribution in [1.82, 2.24) is 0 Å². The van der Waals surface area contributed by atoms with Gasteiger partial charge < -0.3 is 4.90 Å². The van der Waals surface area contributed by atoms with Gasteiger partial charge in [0.05, 0.1) is 5.56 Å². The van der Waals surface area contributed by atoms with Crippen molar-refractivity contribution in [2.24, 2.45) is 0 Å². The van der Waals surface area contributed by atoms with E-state index in [9.17, 15) is 4.79 Å². The Hall–Kier alpha value is -1.74. The lowest BCUT2D eigenvalue weighted by Crippen LogP contribution is -2.36. The first-order chi connectivity index (χ1) is 10.6. The SMILES string of the molecule is CC(C)Sc1ccccc1C(=O)N1c2ccccc2CC1C. The molecule has 2 aromatic carbocycles. The zero-order valence-electron chi connectivity index (χ0n) is 13.2. The van der Waals surface area contributed by atoms with Gasteiger partial charge in [-0.25, -0.2) is 0 Å². The predicted molar refractivity (Wildman–Crippen MR) is 93.9 cm³/mol. The van der Waals surface area contributed by atoms with Gasteiger partial charge in [-0.05, 0) is 37.1 Å². The molecule has 1 amide bonds. The number of carbonyl (C=O) groups excluding carboxylic acids is 1. The highest BCUT2D eigenvalue weighted by atomic mass is 32.2. The van der Waals surface area contributed by atoms with Crippen LogP contribution in [-0.4, -0.2) is 17.2 Å². The maximum atomic E-state index is 13.1. The number of para-hydroxylation sites is 1. The molecule has 0 fully saturated rings. The largest absolute Gasteiger partial charge is 0.305 e. The first kappa shape index (κ1) is 15.2. The summed E-state index contributed by atoms with van der Waals surface area (Å²) in [6.07, 6.45) is 0.932. The molecule has 2 nitrogen and oxygen atoms in total. The van der Waals surface area contributed by atoms with E-state index >= 15 is 0 Å². The molecule has 0 spiro atoms. The Kier molecular flexibility index (Phi) is 4.25. The summed E-state index contributed by atoms with van der Waals surface area (Å²) in [7, 11) is 0. The molecular formula is C19H21NOS. The molecule has 0 aliphatic carbocycles. The lowest BCUT2D eigenvalue weighted by atomic mass is 10.1. The van der Waals surface area contributed by atoms with Crippen molar-refractivity contribution >= 4 is 23.4 Å². The molecule has 2 aromatic rings. The van der Waals surface area contributed by atoms with Gasteiger partial charge in [0.1, 0.15) is 0 Å².